The topological polar surface area (TPSA) is 101 Å². The SMILES string of the molecule is CCCCN1C(=O)C(=O)/C(=C(/O)c2ccc(C)cc2)[C@H]1c1ccc([N+](=O)[O-])cc1. The highest BCUT2D eigenvalue weighted by atomic mass is 16.6. The number of hydrogen-bond donors (Lipinski definition) is 1. The molecule has 1 saturated heterocycles. The number of aliphatic hydroxyl groups is 1. The molecule has 0 radical (unpaired) electrons. The lowest BCUT2D eigenvalue weighted by Crippen LogP contribution is -2.30. The fourth-order valence-electron chi connectivity index (χ4n) is 3.43. The van der Waals surface area contributed by atoms with E-state index in [4.69, 9.17) is 0 Å². The van der Waals surface area contributed by atoms with Gasteiger partial charge in [0.05, 0.1) is 16.5 Å². The predicted molar refractivity (Wildman–Crippen MR) is 108 cm³/mol. The molecule has 2 aromatic rings. The molecular weight excluding hydrogens is 372 g/mol. The van der Waals surface area contributed by atoms with Crippen LogP contribution in [-0.4, -0.2) is 33.2 Å². The number of carbonyl (C=O) groups is 2. The minimum absolute atomic E-state index is 0.00353. The van der Waals surface area contributed by atoms with Gasteiger partial charge in [-0.15, -0.1) is 0 Å². The number of nitro groups is 1. The van der Waals surface area contributed by atoms with Crippen LogP contribution in [0.4, 0.5) is 5.69 Å². The largest absolute Gasteiger partial charge is 0.507 e. The van der Waals surface area contributed by atoms with Gasteiger partial charge in [-0.2, -0.15) is 0 Å². The lowest BCUT2D eigenvalue weighted by molar-refractivity contribution is -0.384. The average Bonchev–Trinajstić information content (AvgIpc) is 2.97. The van der Waals surface area contributed by atoms with Gasteiger partial charge in [0.25, 0.3) is 17.4 Å². The number of benzene rings is 2. The second-order valence-corrected chi connectivity index (χ2v) is 7.06. The summed E-state index contributed by atoms with van der Waals surface area (Å²) in [5.41, 5.74) is 1.90. The fraction of sp³-hybridized carbons (Fsp3) is 0.273. The minimum Gasteiger partial charge on any atom is -0.507 e. The molecule has 0 saturated carbocycles. The Bertz CT molecular complexity index is 977. The molecule has 1 aliphatic rings. The maximum Gasteiger partial charge on any atom is 0.295 e. The zero-order valence-corrected chi connectivity index (χ0v) is 16.3. The van der Waals surface area contributed by atoms with Crippen LogP contribution in [0.5, 0.6) is 0 Å². The van der Waals surface area contributed by atoms with Crippen molar-refractivity contribution in [2.75, 3.05) is 6.54 Å². The number of ketones is 1. The number of amides is 1. The van der Waals surface area contributed by atoms with E-state index in [1.807, 2.05) is 26.0 Å². The van der Waals surface area contributed by atoms with Crippen LogP contribution >= 0.6 is 0 Å². The van der Waals surface area contributed by atoms with Crippen molar-refractivity contribution < 1.29 is 19.6 Å². The molecule has 1 aliphatic heterocycles. The second-order valence-electron chi connectivity index (χ2n) is 7.06. The molecule has 0 aromatic heterocycles. The van der Waals surface area contributed by atoms with Crippen molar-refractivity contribution in [1.29, 1.82) is 0 Å². The molecule has 1 fully saturated rings. The van der Waals surface area contributed by atoms with Gasteiger partial charge in [-0.05, 0) is 31.0 Å². The van der Waals surface area contributed by atoms with Gasteiger partial charge in [0.2, 0.25) is 0 Å². The summed E-state index contributed by atoms with van der Waals surface area (Å²) in [6.07, 6.45) is 1.52. The molecule has 1 atom stereocenters. The summed E-state index contributed by atoms with van der Waals surface area (Å²) in [6, 6.07) is 11.9. The molecule has 3 rings (SSSR count). The van der Waals surface area contributed by atoms with Crippen LogP contribution in [0.15, 0.2) is 54.1 Å². The maximum absolute atomic E-state index is 12.8. The van der Waals surface area contributed by atoms with Crippen molar-refractivity contribution in [3.8, 4) is 0 Å². The summed E-state index contributed by atoms with van der Waals surface area (Å²) in [5, 5.41) is 21.9. The quantitative estimate of drug-likeness (QED) is 0.261. The number of likely N-dealkylation sites (tertiary alicyclic amines) is 1. The highest BCUT2D eigenvalue weighted by Gasteiger charge is 2.45. The number of rotatable bonds is 6. The molecule has 7 nitrogen and oxygen atoms in total. The number of non-ortho nitro benzene ring substituents is 1. The molecule has 29 heavy (non-hydrogen) atoms. The molecule has 0 unspecified atom stereocenters. The van der Waals surface area contributed by atoms with E-state index < -0.39 is 22.7 Å². The average molecular weight is 394 g/mol. The Morgan fingerprint density at radius 3 is 2.28 bits per heavy atom. The summed E-state index contributed by atoms with van der Waals surface area (Å²) in [4.78, 5) is 37.4. The lowest BCUT2D eigenvalue weighted by Gasteiger charge is -2.25. The fourth-order valence-corrected chi connectivity index (χ4v) is 3.43. The Morgan fingerprint density at radius 1 is 1.10 bits per heavy atom. The van der Waals surface area contributed by atoms with Gasteiger partial charge >= 0.3 is 0 Å². The molecule has 150 valence electrons. The van der Waals surface area contributed by atoms with Crippen molar-refractivity contribution in [1.82, 2.24) is 4.90 Å². The van der Waals surface area contributed by atoms with E-state index >= 15 is 0 Å². The molecule has 0 bridgehead atoms. The number of nitrogens with zero attached hydrogens (tertiary/aromatic N) is 2. The number of nitro benzene ring substituents is 1. The normalized spacial score (nSPS) is 18.3. The van der Waals surface area contributed by atoms with Gasteiger partial charge in [0.15, 0.2) is 0 Å². The van der Waals surface area contributed by atoms with E-state index in [0.717, 1.165) is 12.0 Å². The van der Waals surface area contributed by atoms with Crippen LogP contribution in [0.1, 0.15) is 42.5 Å². The Labute approximate surface area is 168 Å². The molecule has 1 N–H and O–H groups in total. The summed E-state index contributed by atoms with van der Waals surface area (Å²) >= 11 is 0. The number of Topliss-reactive ketones (excluding diaryl/α,β-unsaturated/α-hetero) is 1. The van der Waals surface area contributed by atoms with Gasteiger partial charge in [-0.3, -0.25) is 19.7 Å². The predicted octanol–water partition coefficient (Wildman–Crippen LogP) is 4.13. The van der Waals surface area contributed by atoms with E-state index in [9.17, 15) is 24.8 Å². The molecular formula is C22H22N2O5. The van der Waals surface area contributed by atoms with Crippen LogP contribution in [0.2, 0.25) is 0 Å². The molecule has 0 spiro atoms. The minimum atomic E-state index is -0.788. The first-order valence-electron chi connectivity index (χ1n) is 9.45. The van der Waals surface area contributed by atoms with Crippen LogP contribution in [0, 0.1) is 17.0 Å². The second kappa shape index (κ2) is 8.26. The Kier molecular flexibility index (Phi) is 5.77. The smallest absolute Gasteiger partial charge is 0.295 e. The van der Waals surface area contributed by atoms with Gasteiger partial charge in [0.1, 0.15) is 5.76 Å². The van der Waals surface area contributed by atoms with Gasteiger partial charge in [-0.25, -0.2) is 0 Å². The molecule has 0 aliphatic carbocycles. The molecule has 2 aromatic carbocycles. The first kappa shape index (κ1) is 20.3. The zero-order valence-electron chi connectivity index (χ0n) is 16.3. The molecule has 7 heteroatoms. The Balaban J connectivity index is 2.14. The van der Waals surface area contributed by atoms with E-state index in [1.54, 1.807) is 12.1 Å². The summed E-state index contributed by atoms with van der Waals surface area (Å²) in [7, 11) is 0. The van der Waals surface area contributed by atoms with Gasteiger partial charge in [-0.1, -0.05) is 43.2 Å². The first-order chi connectivity index (χ1) is 13.8. The highest BCUT2D eigenvalue weighted by molar-refractivity contribution is 6.46. The third kappa shape index (κ3) is 3.89. The first-order valence-corrected chi connectivity index (χ1v) is 9.45. The number of hydrogen-bond acceptors (Lipinski definition) is 5. The monoisotopic (exact) mass is 394 g/mol. The maximum atomic E-state index is 12.8. The van der Waals surface area contributed by atoms with E-state index in [-0.39, 0.29) is 17.0 Å². The molecule has 1 amide bonds. The van der Waals surface area contributed by atoms with Crippen LogP contribution in [0.25, 0.3) is 5.76 Å². The number of unbranched alkanes of at least 4 members (excludes halogenated alkanes) is 1. The standard InChI is InChI=1S/C22H22N2O5/c1-3-4-13-23-19(15-9-11-17(12-10-15)24(28)29)18(21(26)22(23)27)20(25)16-7-5-14(2)6-8-16/h5-12,19,25H,3-4,13H2,1-2H3/b20-18+/t19-/m1/s1. The van der Waals surface area contributed by atoms with Gasteiger partial charge < -0.3 is 10.0 Å². The van der Waals surface area contributed by atoms with Crippen molar-refractivity contribution in [3.05, 3.63) is 80.9 Å². The number of aliphatic hydroxyl groups excluding tert-OH is 1. The Morgan fingerprint density at radius 2 is 1.72 bits per heavy atom. The van der Waals surface area contributed by atoms with Crippen LogP contribution in [0.3, 0.4) is 0 Å². The third-order valence-corrected chi connectivity index (χ3v) is 5.04. The van der Waals surface area contributed by atoms with Crippen LogP contribution in [-0.2, 0) is 9.59 Å². The number of carbonyl (C=O) groups excluding carboxylic acids is 2. The van der Waals surface area contributed by atoms with Crippen molar-refractivity contribution in [2.45, 2.75) is 32.7 Å². The number of aryl methyl sites for hydroxylation is 1. The Hall–Kier alpha value is -3.48. The summed E-state index contributed by atoms with van der Waals surface area (Å²) in [5.74, 6) is -1.66. The van der Waals surface area contributed by atoms with E-state index in [2.05, 4.69) is 0 Å². The van der Waals surface area contributed by atoms with E-state index in [0.29, 0.717) is 24.1 Å². The summed E-state index contributed by atoms with van der Waals surface area (Å²) in [6.45, 7) is 4.24. The van der Waals surface area contributed by atoms with Crippen molar-refractivity contribution in [3.63, 3.8) is 0 Å². The summed E-state index contributed by atoms with van der Waals surface area (Å²) < 4.78 is 0. The zero-order chi connectivity index (χ0) is 21.1. The van der Waals surface area contributed by atoms with E-state index in [1.165, 1.54) is 29.2 Å². The van der Waals surface area contributed by atoms with Gasteiger partial charge in [0, 0.05) is 24.2 Å². The van der Waals surface area contributed by atoms with Crippen LogP contribution < -0.4 is 0 Å². The van der Waals surface area contributed by atoms with Crippen molar-refractivity contribution >= 4 is 23.1 Å². The lowest BCUT2D eigenvalue weighted by atomic mass is 9.95. The molecule has 1 heterocycles. The third-order valence-electron chi connectivity index (χ3n) is 5.04. The highest BCUT2D eigenvalue weighted by Crippen LogP contribution is 2.39. The van der Waals surface area contributed by atoms with Crippen molar-refractivity contribution in [2.24, 2.45) is 0 Å².